The number of hydrogen-bond donors (Lipinski definition) is 2. The zero-order valence-electron chi connectivity index (χ0n) is 18.9. The quantitative estimate of drug-likeness (QED) is 0.477. The summed E-state index contributed by atoms with van der Waals surface area (Å²) >= 11 is 0. The molecule has 7 nitrogen and oxygen atoms in total. The van der Waals surface area contributed by atoms with Gasteiger partial charge in [0.2, 0.25) is 5.75 Å². The summed E-state index contributed by atoms with van der Waals surface area (Å²) in [6.07, 6.45) is 0.738. The maximum Gasteiger partial charge on any atom is 0.203 e. The summed E-state index contributed by atoms with van der Waals surface area (Å²) in [5.41, 5.74) is 0.911. The number of halogens is 2. The van der Waals surface area contributed by atoms with Gasteiger partial charge in [-0.1, -0.05) is 6.07 Å². The number of anilines is 1. The smallest absolute Gasteiger partial charge is 0.203 e. The molecule has 174 valence electrons. The third-order valence-corrected chi connectivity index (χ3v) is 5.27. The van der Waals surface area contributed by atoms with E-state index < -0.39 is 11.6 Å². The summed E-state index contributed by atoms with van der Waals surface area (Å²) in [5.74, 6) is 1.19. The van der Waals surface area contributed by atoms with E-state index in [1.165, 1.54) is 18.2 Å². The third-order valence-electron chi connectivity index (χ3n) is 5.27. The molecule has 0 amide bonds. The monoisotopic (exact) mass is 448 g/mol. The van der Waals surface area contributed by atoms with Gasteiger partial charge in [-0.2, -0.15) is 0 Å². The fourth-order valence-corrected chi connectivity index (χ4v) is 3.78. The van der Waals surface area contributed by atoms with Gasteiger partial charge in [0.05, 0.1) is 27.9 Å². The van der Waals surface area contributed by atoms with Gasteiger partial charge in [0.1, 0.15) is 17.3 Å². The van der Waals surface area contributed by atoms with E-state index in [2.05, 4.69) is 15.6 Å². The van der Waals surface area contributed by atoms with Crippen LogP contribution >= 0.6 is 0 Å². The van der Waals surface area contributed by atoms with E-state index in [0.717, 1.165) is 12.0 Å². The predicted octanol–water partition coefficient (Wildman–Crippen LogP) is 3.32. The first-order valence-corrected chi connectivity index (χ1v) is 10.5. The molecule has 1 unspecified atom stereocenters. The maximum atomic E-state index is 14.1. The molecule has 1 fully saturated rings. The van der Waals surface area contributed by atoms with Crippen molar-refractivity contribution < 1.29 is 23.0 Å². The standard InChI is InChI=1S/C23H30F2N4O3/c1-5-26-23(27-13-15-11-19(30-2)22(32-4)20(12-15)31-3)28-16-9-10-29(14-16)21-17(24)7-6-8-18(21)25/h6-8,11-12,16H,5,9-10,13-14H2,1-4H3,(H2,26,27,28). The van der Waals surface area contributed by atoms with Crippen LogP contribution in [0.3, 0.4) is 0 Å². The van der Waals surface area contributed by atoms with Crippen LogP contribution in [0.5, 0.6) is 17.2 Å². The predicted molar refractivity (Wildman–Crippen MR) is 121 cm³/mol. The first-order chi connectivity index (χ1) is 15.5. The van der Waals surface area contributed by atoms with Crippen molar-refractivity contribution in [3.63, 3.8) is 0 Å². The molecule has 0 spiro atoms. The minimum absolute atomic E-state index is 0.00625. The van der Waals surface area contributed by atoms with Gasteiger partial charge in [-0.15, -0.1) is 0 Å². The van der Waals surface area contributed by atoms with E-state index in [0.29, 0.717) is 49.4 Å². The highest BCUT2D eigenvalue weighted by atomic mass is 19.1. The second-order valence-corrected chi connectivity index (χ2v) is 7.37. The molecule has 1 atom stereocenters. The molecular weight excluding hydrogens is 418 g/mol. The Balaban J connectivity index is 1.71. The summed E-state index contributed by atoms with van der Waals surface area (Å²) in [4.78, 5) is 6.39. The van der Waals surface area contributed by atoms with E-state index in [4.69, 9.17) is 14.2 Å². The molecule has 1 aliphatic rings. The normalized spacial score (nSPS) is 16.1. The Hall–Kier alpha value is -3.23. The van der Waals surface area contributed by atoms with Crippen molar-refractivity contribution in [1.29, 1.82) is 0 Å². The number of hydrogen-bond acceptors (Lipinski definition) is 5. The molecule has 0 radical (unpaired) electrons. The first kappa shape index (κ1) is 23.4. The second-order valence-electron chi connectivity index (χ2n) is 7.37. The molecule has 2 aromatic rings. The van der Waals surface area contributed by atoms with Crippen LogP contribution < -0.4 is 29.7 Å². The highest BCUT2D eigenvalue weighted by molar-refractivity contribution is 5.80. The average molecular weight is 449 g/mol. The zero-order valence-corrected chi connectivity index (χ0v) is 18.9. The zero-order chi connectivity index (χ0) is 23.1. The summed E-state index contributed by atoms with van der Waals surface area (Å²) < 4.78 is 44.4. The number of para-hydroxylation sites is 1. The van der Waals surface area contributed by atoms with Crippen LogP contribution in [-0.2, 0) is 6.54 Å². The Morgan fingerprint density at radius 3 is 2.31 bits per heavy atom. The molecule has 0 aromatic heterocycles. The van der Waals surface area contributed by atoms with Gasteiger partial charge in [-0.3, -0.25) is 0 Å². The van der Waals surface area contributed by atoms with Crippen molar-refractivity contribution in [3.05, 3.63) is 47.5 Å². The fraction of sp³-hybridized carbons (Fsp3) is 0.435. The van der Waals surface area contributed by atoms with Crippen LogP contribution in [0.2, 0.25) is 0 Å². The van der Waals surface area contributed by atoms with Crippen LogP contribution in [0.25, 0.3) is 0 Å². The summed E-state index contributed by atoms with van der Waals surface area (Å²) in [5, 5.41) is 6.59. The number of methoxy groups -OCH3 is 3. The van der Waals surface area contributed by atoms with Crippen molar-refractivity contribution >= 4 is 11.6 Å². The van der Waals surface area contributed by atoms with E-state index in [1.807, 2.05) is 19.1 Å². The van der Waals surface area contributed by atoms with Crippen LogP contribution in [-0.4, -0.2) is 53.0 Å². The van der Waals surface area contributed by atoms with E-state index >= 15 is 0 Å². The average Bonchev–Trinajstić information content (AvgIpc) is 3.24. The van der Waals surface area contributed by atoms with Crippen molar-refractivity contribution in [2.75, 3.05) is 45.9 Å². The number of benzene rings is 2. The second kappa shape index (κ2) is 10.9. The Morgan fingerprint density at radius 2 is 1.75 bits per heavy atom. The molecule has 1 heterocycles. The van der Waals surface area contributed by atoms with Crippen LogP contribution in [0.1, 0.15) is 18.9 Å². The lowest BCUT2D eigenvalue weighted by Gasteiger charge is -2.21. The number of guanidine groups is 1. The van der Waals surface area contributed by atoms with Crippen molar-refractivity contribution in [2.24, 2.45) is 4.99 Å². The van der Waals surface area contributed by atoms with E-state index in [9.17, 15) is 8.78 Å². The number of rotatable bonds is 8. The lowest BCUT2D eigenvalue weighted by molar-refractivity contribution is 0.324. The van der Waals surface area contributed by atoms with Crippen molar-refractivity contribution in [3.8, 4) is 17.2 Å². The number of nitrogens with one attached hydrogen (secondary N) is 2. The minimum atomic E-state index is -0.548. The molecule has 0 saturated carbocycles. The SMILES string of the molecule is CCNC(=NCc1cc(OC)c(OC)c(OC)c1)NC1CCN(c2c(F)cccc2F)C1. The number of nitrogens with zero attached hydrogens (tertiary/aromatic N) is 2. The van der Waals surface area contributed by atoms with Gasteiger partial charge >= 0.3 is 0 Å². The fourth-order valence-electron chi connectivity index (χ4n) is 3.78. The molecule has 9 heteroatoms. The van der Waals surface area contributed by atoms with Gasteiger partial charge in [-0.25, -0.2) is 13.8 Å². The molecular formula is C23H30F2N4O3. The van der Waals surface area contributed by atoms with Crippen LogP contribution in [0, 0.1) is 11.6 Å². The Morgan fingerprint density at radius 1 is 1.09 bits per heavy atom. The highest BCUT2D eigenvalue weighted by Crippen LogP contribution is 2.38. The highest BCUT2D eigenvalue weighted by Gasteiger charge is 2.27. The largest absolute Gasteiger partial charge is 0.493 e. The van der Waals surface area contributed by atoms with E-state index in [1.54, 1.807) is 26.2 Å². The Labute approximate surface area is 187 Å². The Kier molecular flexibility index (Phi) is 7.97. The van der Waals surface area contributed by atoms with Crippen molar-refractivity contribution in [1.82, 2.24) is 10.6 Å². The Bertz CT molecular complexity index is 910. The van der Waals surface area contributed by atoms with Gasteiger partial charge < -0.3 is 29.7 Å². The molecule has 3 rings (SSSR count). The topological polar surface area (TPSA) is 67.4 Å². The summed E-state index contributed by atoms with van der Waals surface area (Å²) in [7, 11) is 4.70. The molecule has 32 heavy (non-hydrogen) atoms. The van der Waals surface area contributed by atoms with Gasteiger partial charge in [0.15, 0.2) is 17.5 Å². The van der Waals surface area contributed by atoms with Gasteiger partial charge in [0.25, 0.3) is 0 Å². The van der Waals surface area contributed by atoms with Gasteiger partial charge in [0, 0.05) is 25.7 Å². The van der Waals surface area contributed by atoms with Crippen molar-refractivity contribution in [2.45, 2.75) is 25.9 Å². The maximum absolute atomic E-state index is 14.1. The van der Waals surface area contributed by atoms with Gasteiger partial charge in [-0.05, 0) is 43.2 Å². The third kappa shape index (κ3) is 5.33. The molecule has 1 aliphatic heterocycles. The summed E-state index contributed by atoms with van der Waals surface area (Å²) in [6, 6.07) is 7.65. The number of aliphatic imine (C=N–C) groups is 1. The summed E-state index contributed by atoms with van der Waals surface area (Å²) in [6.45, 7) is 4.07. The van der Waals surface area contributed by atoms with Crippen LogP contribution in [0.15, 0.2) is 35.3 Å². The lowest BCUT2D eigenvalue weighted by Crippen LogP contribution is -2.44. The minimum Gasteiger partial charge on any atom is -0.493 e. The van der Waals surface area contributed by atoms with E-state index in [-0.39, 0.29) is 11.7 Å². The number of ether oxygens (including phenoxy) is 3. The molecule has 1 saturated heterocycles. The first-order valence-electron chi connectivity index (χ1n) is 10.5. The lowest BCUT2D eigenvalue weighted by atomic mass is 10.2. The molecule has 2 N–H and O–H groups in total. The molecule has 0 aliphatic carbocycles. The molecule has 2 aromatic carbocycles. The van der Waals surface area contributed by atoms with Crippen LogP contribution in [0.4, 0.5) is 14.5 Å². The molecule has 0 bridgehead atoms.